The first kappa shape index (κ1) is 13.4. The molecule has 6 heteroatoms. The number of alkyl halides is 3. The van der Waals surface area contributed by atoms with Crippen molar-refractivity contribution < 1.29 is 23.1 Å². The van der Waals surface area contributed by atoms with Crippen LogP contribution in [0.4, 0.5) is 13.2 Å². The Kier molecular flexibility index (Phi) is 2.83. The maximum absolute atomic E-state index is 12.7. The first-order chi connectivity index (χ1) is 9.37. The summed E-state index contributed by atoms with van der Waals surface area (Å²) in [7, 11) is 0. The van der Waals surface area contributed by atoms with E-state index in [2.05, 4.69) is 5.32 Å². The van der Waals surface area contributed by atoms with Gasteiger partial charge in [-0.3, -0.25) is 4.79 Å². The lowest BCUT2D eigenvalue weighted by molar-refractivity contribution is -0.137. The summed E-state index contributed by atoms with van der Waals surface area (Å²) in [4.78, 5) is 11.9. The Morgan fingerprint density at radius 1 is 1.45 bits per heavy atom. The monoisotopic (exact) mass is 285 g/mol. The molecule has 1 atom stereocenters. The van der Waals surface area contributed by atoms with Crippen LogP contribution >= 0.6 is 0 Å². The number of aliphatic hydroxyl groups excluding tert-OH is 1. The van der Waals surface area contributed by atoms with Gasteiger partial charge in [0.1, 0.15) is 0 Å². The van der Waals surface area contributed by atoms with E-state index >= 15 is 0 Å². The van der Waals surface area contributed by atoms with Crippen LogP contribution in [-0.4, -0.2) is 17.6 Å². The van der Waals surface area contributed by atoms with Crippen molar-refractivity contribution in [3.8, 4) is 0 Å². The number of hydrogen-bond donors (Lipinski definition) is 2. The summed E-state index contributed by atoms with van der Waals surface area (Å²) in [5.74, 6) is 0.294. The van der Waals surface area contributed by atoms with Crippen LogP contribution in [0.2, 0.25) is 0 Å². The number of aliphatic hydroxyl groups is 1. The van der Waals surface area contributed by atoms with Crippen molar-refractivity contribution in [3.05, 3.63) is 35.4 Å². The van der Waals surface area contributed by atoms with Gasteiger partial charge in [0.2, 0.25) is 5.91 Å². The van der Waals surface area contributed by atoms with Crippen molar-refractivity contribution >= 4 is 5.91 Å². The van der Waals surface area contributed by atoms with E-state index in [1.54, 1.807) is 0 Å². The normalized spacial score (nSPS) is 28.5. The van der Waals surface area contributed by atoms with E-state index in [-0.39, 0.29) is 16.9 Å². The molecule has 3 rings (SSSR count). The first-order valence-electron chi connectivity index (χ1n) is 6.46. The maximum Gasteiger partial charge on any atom is 0.416 e. The Balaban J connectivity index is 1.76. The van der Waals surface area contributed by atoms with E-state index in [1.807, 2.05) is 0 Å². The quantitative estimate of drug-likeness (QED) is 0.891. The molecule has 1 aromatic rings. The van der Waals surface area contributed by atoms with Gasteiger partial charge in [-0.25, -0.2) is 0 Å². The van der Waals surface area contributed by atoms with Crippen LogP contribution in [0.15, 0.2) is 24.3 Å². The lowest BCUT2D eigenvalue weighted by Crippen LogP contribution is -2.34. The molecule has 0 bridgehead atoms. The zero-order chi connectivity index (χ0) is 14.5. The summed E-state index contributed by atoms with van der Waals surface area (Å²) in [6.45, 7) is -0.423. The van der Waals surface area contributed by atoms with Gasteiger partial charge in [0.05, 0.1) is 23.6 Å². The van der Waals surface area contributed by atoms with Gasteiger partial charge in [-0.2, -0.15) is 13.2 Å². The molecule has 0 aromatic heterocycles. The van der Waals surface area contributed by atoms with Gasteiger partial charge < -0.3 is 10.4 Å². The number of carbonyl (C=O) groups is 1. The standard InChI is InChI=1S/C14H14F3NO2/c15-14(16,17)9-3-1-2-8(4-9)11(7-19)18-12(20)13-5-10(13)6-13/h1-4,10-11,19H,5-7H2,(H,18,20). The molecule has 2 aliphatic rings. The first-order valence-corrected chi connectivity index (χ1v) is 6.46. The molecule has 1 amide bonds. The Bertz CT molecular complexity index is 550. The number of fused-ring (bicyclic) bond motifs is 1. The van der Waals surface area contributed by atoms with Crippen molar-refractivity contribution in [1.82, 2.24) is 5.32 Å². The number of hydrogen-bond acceptors (Lipinski definition) is 2. The topological polar surface area (TPSA) is 49.3 Å². The van der Waals surface area contributed by atoms with Crippen LogP contribution in [-0.2, 0) is 11.0 Å². The molecule has 0 saturated heterocycles. The summed E-state index contributed by atoms with van der Waals surface area (Å²) in [5, 5.41) is 12.0. The number of halogens is 3. The minimum absolute atomic E-state index is 0.154. The molecule has 2 N–H and O–H groups in total. The predicted octanol–water partition coefficient (Wildman–Crippen LogP) is 2.26. The molecular formula is C14H14F3NO2. The Labute approximate surface area is 113 Å². The lowest BCUT2D eigenvalue weighted by Gasteiger charge is -2.19. The molecule has 20 heavy (non-hydrogen) atoms. The maximum atomic E-state index is 12.7. The lowest BCUT2D eigenvalue weighted by atomic mass is 10.0. The molecule has 108 valence electrons. The Morgan fingerprint density at radius 3 is 2.60 bits per heavy atom. The zero-order valence-corrected chi connectivity index (χ0v) is 10.6. The van der Waals surface area contributed by atoms with E-state index < -0.39 is 24.4 Å². The van der Waals surface area contributed by atoms with Gasteiger partial charge in [-0.05, 0) is 36.5 Å². The van der Waals surface area contributed by atoms with Crippen LogP contribution in [0.3, 0.4) is 0 Å². The molecule has 1 aromatic carbocycles. The van der Waals surface area contributed by atoms with Crippen LogP contribution in [0.1, 0.15) is 30.0 Å². The van der Waals surface area contributed by atoms with Gasteiger partial charge in [0.15, 0.2) is 0 Å². The molecular weight excluding hydrogens is 271 g/mol. The average molecular weight is 285 g/mol. The van der Waals surface area contributed by atoms with Gasteiger partial charge >= 0.3 is 6.18 Å². The molecule has 0 heterocycles. The summed E-state index contributed by atoms with van der Waals surface area (Å²) >= 11 is 0. The largest absolute Gasteiger partial charge is 0.416 e. The van der Waals surface area contributed by atoms with Gasteiger partial charge in [-0.15, -0.1) is 0 Å². The van der Waals surface area contributed by atoms with Crippen molar-refractivity contribution in [2.75, 3.05) is 6.61 Å². The number of benzene rings is 1. The minimum Gasteiger partial charge on any atom is -0.394 e. The fraction of sp³-hybridized carbons (Fsp3) is 0.500. The van der Waals surface area contributed by atoms with E-state index in [0.717, 1.165) is 25.0 Å². The predicted molar refractivity (Wildman–Crippen MR) is 64.6 cm³/mol. The zero-order valence-electron chi connectivity index (χ0n) is 10.6. The van der Waals surface area contributed by atoms with E-state index in [9.17, 15) is 23.1 Å². The smallest absolute Gasteiger partial charge is 0.394 e. The second kappa shape index (κ2) is 4.22. The third-order valence-electron chi connectivity index (χ3n) is 4.24. The molecule has 3 nitrogen and oxygen atoms in total. The van der Waals surface area contributed by atoms with Crippen LogP contribution in [0, 0.1) is 11.3 Å². The second-order valence-corrected chi connectivity index (χ2v) is 5.59. The highest BCUT2D eigenvalue weighted by Gasteiger charge is 2.74. The molecule has 0 spiro atoms. The van der Waals surface area contributed by atoms with E-state index in [0.29, 0.717) is 5.92 Å². The van der Waals surface area contributed by atoms with Crippen molar-refractivity contribution in [2.24, 2.45) is 11.3 Å². The number of rotatable bonds is 4. The fourth-order valence-electron chi connectivity index (χ4n) is 2.54. The van der Waals surface area contributed by atoms with E-state index in [1.165, 1.54) is 12.1 Å². The SMILES string of the molecule is O=C(NC(CO)c1cccc(C(F)(F)F)c1)C12CC1C2. The van der Waals surface area contributed by atoms with Gasteiger partial charge in [0.25, 0.3) is 0 Å². The molecule has 2 saturated carbocycles. The van der Waals surface area contributed by atoms with Crippen LogP contribution < -0.4 is 5.32 Å². The van der Waals surface area contributed by atoms with Crippen molar-refractivity contribution in [1.29, 1.82) is 0 Å². The third kappa shape index (κ3) is 2.18. The average Bonchev–Trinajstić information content (AvgIpc) is 3.23. The highest BCUT2D eigenvalue weighted by Crippen LogP contribution is 2.75. The second-order valence-electron chi connectivity index (χ2n) is 5.59. The minimum atomic E-state index is -4.43. The van der Waals surface area contributed by atoms with Gasteiger partial charge in [0, 0.05) is 0 Å². The summed E-state index contributed by atoms with van der Waals surface area (Å²) in [5.41, 5.74) is -0.781. The number of amides is 1. The highest BCUT2D eigenvalue weighted by atomic mass is 19.4. The fourth-order valence-corrected chi connectivity index (χ4v) is 2.54. The highest BCUT2D eigenvalue weighted by molar-refractivity contribution is 5.90. The molecule has 0 aliphatic heterocycles. The summed E-state index contributed by atoms with van der Waals surface area (Å²) in [6.07, 6.45) is -2.71. The summed E-state index contributed by atoms with van der Waals surface area (Å²) in [6, 6.07) is 3.90. The molecule has 0 radical (unpaired) electrons. The molecule has 1 unspecified atom stereocenters. The summed E-state index contributed by atoms with van der Waals surface area (Å²) < 4.78 is 38.0. The number of nitrogens with one attached hydrogen (secondary N) is 1. The Morgan fingerprint density at radius 2 is 2.10 bits per heavy atom. The Hall–Kier alpha value is -1.56. The van der Waals surface area contributed by atoms with Gasteiger partial charge in [-0.1, -0.05) is 12.1 Å². The van der Waals surface area contributed by atoms with E-state index in [4.69, 9.17) is 0 Å². The van der Waals surface area contributed by atoms with Crippen LogP contribution in [0.5, 0.6) is 0 Å². The molecule has 2 aliphatic carbocycles. The third-order valence-corrected chi connectivity index (χ3v) is 4.24. The van der Waals surface area contributed by atoms with Crippen LogP contribution in [0.25, 0.3) is 0 Å². The van der Waals surface area contributed by atoms with Crippen molar-refractivity contribution in [2.45, 2.75) is 25.1 Å². The van der Waals surface area contributed by atoms with Crippen molar-refractivity contribution in [3.63, 3.8) is 0 Å². The molecule has 2 fully saturated rings. The number of carbonyl (C=O) groups excluding carboxylic acids is 1.